The highest BCUT2D eigenvalue weighted by molar-refractivity contribution is 7.22. The number of benzene rings is 1. The molecule has 0 aliphatic carbocycles. The number of para-hydroxylation sites is 1. The van der Waals surface area contributed by atoms with E-state index in [2.05, 4.69) is 15.2 Å². The van der Waals surface area contributed by atoms with Crippen LogP contribution in [-0.4, -0.2) is 28.9 Å². The summed E-state index contributed by atoms with van der Waals surface area (Å²) in [7, 11) is 0. The lowest BCUT2D eigenvalue weighted by Crippen LogP contribution is -2.18. The molecule has 24 heavy (non-hydrogen) atoms. The lowest BCUT2D eigenvalue weighted by atomic mass is 10.2. The van der Waals surface area contributed by atoms with Crippen molar-refractivity contribution in [2.75, 3.05) is 18.4 Å². The van der Waals surface area contributed by atoms with E-state index < -0.39 is 0 Å². The van der Waals surface area contributed by atoms with Crippen LogP contribution in [-0.2, 0) is 6.54 Å². The highest BCUT2D eigenvalue weighted by Gasteiger charge is 2.17. The largest absolute Gasteiger partial charge is 0.455 e. The average molecular weight is 341 g/mol. The summed E-state index contributed by atoms with van der Waals surface area (Å²) in [4.78, 5) is 19.2. The molecule has 5 nitrogen and oxygen atoms in total. The van der Waals surface area contributed by atoms with Crippen LogP contribution in [0, 0.1) is 6.92 Å². The molecule has 0 unspecified atom stereocenters. The van der Waals surface area contributed by atoms with E-state index in [1.807, 2.05) is 31.2 Å². The third kappa shape index (κ3) is 3.07. The molecule has 3 aromatic rings. The second-order valence-corrected chi connectivity index (χ2v) is 7.17. The third-order valence-electron chi connectivity index (χ3n) is 4.30. The zero-order chi connectivity index (χ0) is 16.5. The van der Waals surface area contributed by atoms with E-state index in [1.54, 1.807) is 6.07 Å². The van der Waals surface area contributed by atoms with Crippen molar-refractivity contribution in [1.82, 2.24) is 9.88 Å². The fourth-order valence-electron chi connectivity index (χ4n) is 3.04. The second kappa shape index (κ2) is 6.37. The van der Waals surface area contributed by atoms with Gasteiger partial charge in [0.05, 0.1) is 16.8 Å². The Morgan fingerprint density at radius 1 is 1.29 bits per heavy atom. The Hall–Kier alpha value is -2.18. The van der Waals surface area contributed by atoms with Crippen LogP contribution in [0.2, 0.25) is 0 Å². The van der Waals surface area contributed by atoms with Crippen LogP contribution in [0.4, 0.5) is 5.13 Å². The number of carbonyl (C=O) groups excluding carboxylic acids is 1. The van der Waals surface area contributed by atoms with Gasteiger partial charge in [0.15, 0.2) is 10.9 Å². The van der Waals surface area contributed by atoms with Gasteiger partial charge in [0.2, 0.25) is 0 Å². The molecule has 3 heterocycles. The molecule has 0 spiro atoms. The number of rotatable bonds is 4. The quantitative estimate of drug-likeness (QED) is 0.778. The summed E-state index contributed by atoms with van der Waals surface area (Å²) in [5, 5.41) is 3.44. The fraction of sp³-hybridized carbons (Fsp3) is 0.333. The summed E-state index contributed by atoms with van der Waals surface area (Å²) >= 11 is 1.47. The molecule has 0 atom stereocenters. The van der Waals surface area contributed by atoms with Gasteiger partial charge in [-0.15, -0.1) is 0 Å². The maximum absolute atomic E-state index is 12.4. The maximum atomic E-state index is 12.4. The second-order valence-electron chi connectivity index (χ2n) is 6.14. The Morgan fingerprint density at radius 2 is 2.12 bits per heavy atom. The smallest absolute Gasteiger partial charge is 0.293 e. The molecule has 6 heteroatoms. The van der Waals surface area contributed by atoms with Gasteiger partial charge in [0.25, 0.3) is 5.91 Å². The normalized spacial score (nSPS) is 15.2. The van der Waals surface area contributed by atoms with Crippen LogP contribution in [0.5, 0.6) is 0 Å². The van der Waals surface area contributed by atoms with E-state index in [9.17, 15) is 4.79 Å². The van der Waals surface area contributed by atoms with E-state index >= 15 is 0 Å². The van der Waals surface area contributed by atoms with Crippen LogP contribution in [0.25, 0.3) is 10.2 Å². The van der Waals surface area contributed by atoms with Gasteiger partial charge in [-0.3, -0.25) is 15.0 Å². The summed E-state index contributed by atoms with van der Waals surface area (Å²) in [6, 6.07) is 9.65. The lowest BCUT2D eigenvalue weighted by molar-refractivity contribution is 0.0993. The van der Waals surface area contributed by atoms with Gasteiger partial charge in [-0.1, -0.05) is 23.5 Å². The molecule has 0 saturated carbocycles. The lowest BCUT2D eigenvalue weighted by Gasteiger charge is -2.11. The number of likely N-dealkylation sites (tertiary alicyclic amines) is 1. The molecule has 1 aliphatic rings. The van der Waals surface area contributed by atoms with Crippen molar-refractivity contribution in [3.63, 3.8) is 0 Å². The Morgan fingerprint density at radius 3 is 2.92 bits per heavy atom. The van der Waals surface area contributed by atoms with Gasteiger partial charge in [0.1, 0.15) is 5.76 Å². The molecule has 1 saturated heterocycles. The highest BCUT2D eigenvalue weighted by atomic mass is 32.1. The van der Waals surface area contributed by atoms with Gasteiger partial charge in [0, 0.05) is 0 Å². The number of amides is 1. The summed E-state index contributed by atoms with van der Waals surface area (Å²) < 4.78 is 6.77. The Labute approximate surface area is 144 Å². The monoisotopic (exact) mass is 341 g/mol. The molecule has 1 amide bonds. The zero-order valence-electron chi connectivity index (χ0n) is 13.5. The molecular formula is C18H19N3O2S. The molecule has 0 radical (unpaired) electrons. The first kappa shape index (κ1) is 15.4. The topological polar surface area (TPSA) is 58.4 Å². The van der Waals surface area contributed by atoms with Crippen molar-refractivity contribution in [3.8, 4) is 0 Å². The number of fused-ring (bicyclic) bond motifs is 1. The number of hydrogen-bond donors (Lipinski definition) is 1. The predicted octanol–water partition coefficient (Wildman–Crippen LogP) is 4.05. The van der Waals surface area contributed by atoms with E-state index in [0.717, 1.165) is 41.2 Å². The number of nitrogens with one attached hydrogen (secondary N) is 1. The van der Waals surface area contributed by atoms with Crippen LogP contribution >= 0.6 is 11.3 Å². The SMILES string of the molecule is Cc1cccc2sc(NC(=O)c3ccc(CN4CCCC4)o3)nc12. The number of hydrogen-bond acceptors (Lipinski definition) is 5. The predicted molar refractivity (Wildman–Crippen MR) is 95.5 cm³/mol. The zero-order valence-corrected chi connectivity index (χ0v) is 14.4. The highest BCUT2D eigenvalue weighted by Crippen LogP contribution is 2.28. The number of aryl methyl sites for hydroxylation is 1. The van der Waals surface area contributed by atoms with E-state index in [0.29, 0.717) is 10.9 Å². The summed E-state index contributed by atoms with van der Waals surface area (Å²) in [6.07, 6.45) is 2.48. The molecule has 1 N–H and O–H groups in total. The number of nitrogens with zero attached hydrogens (tertiary/aromatic N) is 2. The third-order valence-corrected chi connectivity index (χ3v) is 5.24. The molecule has 1 aliphatic heterocycles. The average Bonchev–Trinajstić information content (AvgIpc) is 3.28. The van der Waals surface area contributed by atoms with Gasteiger partial charge in [-0.2, -0.15) is 0 Å². The molecule has 1 fully saturated rings. The molecule has 2 aromatic heterocycles. The molecule has 4 rings (SSSR count). The van der Waals surface area contributed by atoms with E-state index in [1.165, 1.54) is 24.2 Å². The van der Waals surface area contributed by atoms with Gasteiger partial charge in [-0.25, -0.2) is 4.98 Å². The number of carbonyl (C=O) groups is 1. The number of thiazole rings is 1. The molecule has 1 aromatic carbocycles. The van der Waals surface area contributed by atoms with Crippen molar-refractivity contribution in [2.45, 2.75) is 26.3 Å². The van der Waals surface area contributed by atoms with Crippen molar-refractivity contribution in [2.24, 2.45) is 0 Å². The van der Waals surface area contributed by atoms with Crippen molar-refractivity contribution in [3.05, 3.63) is 47.4 Å². The van der Waals surface area contributed by atoms with Crippen LogP contribution in [0.15, 0.2) is 34.7 Å². The summed E-state index contributed by atoms with van der Waals surface area (Å²) in [5.41, 5.74) is 2.04. The summed E-state index contributed by atoms with van der Waals surface area (Å²) in [5.74, 6) is 0.918. The van der Waals surface area contributed by atoms with Gasteiger partial charge in [-0.05, 0) is 56.6 Å². The first-order chi connectivity index (χ1) is 11.7. The summed E-state index contributed by atoms with van der Waals surface area (Å²) in [6.45, 7) is 5.00. The van der Waals surface area contributed by atoms with Gasteiger partial charge < -0.3 is 4.42 Å². The fourth-order valence-corrected chi connectivity index (χ4v) is 3.98. The Balaban J connectivity index is 1.47. The minimum atomic E-state index is -0.251. The van der Waals surface area contributed by atoms with E-state index in [4.69, 9.17) is 4.42 Å². The van der Waals surface area contributed by atoms with Crippen molar-refractivity contribution >= 4 is 32.6 Å². The van der Waals surface area contributed by atoms with Crippen molar-refractivity contribution < 1.29 is 9.21 Å². The van der Waals surface area contributed by atoms with Crippen molar-refractivity contribution in [1.29, 1.82) is 0 Å². The van der Waals surface area contributed by atoms with Crippen LogP contribution < -0.4 is 5.32 Å². The molecule has 124 valence electrons. The van der Waals surface area contributed by atoms with Crippen LogP contribution in [0.1, 0.15) is 34.7 Å². The van der Waals surface area contributed by atoms with E-state index in [-0.39, 0.29) is 5.91 Å². The minimum absolute atomic E-state index is 0.251. The van der Waals surface area contributed by atoms with Gasteiger partial charge >= 0.3 is 0 Å². The molecular weight excluding hydrogens is 322 g/mol. The minimum Gasteiger partial charge on any atom is -0.455 e. The maximum Gasteiger partial charge on any atom is 0.293 e. The van der Waals surface area contributed by atoms with Crippen LogP contribution in [0.3, 0.4) is 0 Å². The first-order valence-corrected chi connectivity index (χ1v) is 8.99. The standard InChI is InChI=1S/C18H19N3O2S/c1-12-5-4-6-15-16(12)19-18(24-15)20-17(22)14-8-7-13(23-14)11-21-9-2-3-10-21/h4-8H,2-3,9-11H2,1H3,(H,19,20,22). The first-order valence-electron chi connectivity index (χ1n) is 8.17. The number of aromatic nitrogens is 1. The Kier molecular flexibility index (Phi) is 4.08. The molecule has 0 bridgehead atoms. The Bertz CT molecular complexity index is 877. The number of anilines is 1. The number of furan rings is 1.